The summed E-state index contributed by atoms with van der Waals surface area (Å²) in [4.78, 5) is 10.5. The first-order chi connectivity index (χ1) is 12.3. The monoisotopic (exact) mass is 397 g/mol. The van der Waals surface area contributed by atoms with Gasteiger partial charge in [-0.2, -0.15) is 0 Å². The third kappa shape index (κ3) is 4.68. The minimum Gasteiger partial charge on any atom is -0.493 e. The zero-order chi connectivity index (χ0) is 19.3. The summed E-state index contributed by atoms with van der Waals surface area (Å²) in [5.41, 5.74) is 0.690. The summed E-state index contributed by atoms with van der Waals surface area (Å²) < 4.78 is 37.7. The molecule has 138 valence electrons. The SMILES string of the molecule is COc1cc(Cl)c(NS(=O)(=O)c2ccc(/C=C/C(=O)O)cc2)cc1OC. The van der Waals surface area contributed by atoms with Crippen molar-refractivity contribution in [2.24, 2.45) is 0 Å². The van der Waals surface area contributed by atoms with Crippen LogP contribution < -0.4 is 14.2 Å². The minimum atomic E-state index is -3.90. The highest BCUT2D eigenvalue weighted by Gasteiger charge is 2.18. The Morgan fingerprint density at radius 1 is 1.12 bits per heavy atom. The van der Waals surface area contributed by atoms with Gasteiger partial charge in [-0.25, -0.2) is 13.2 Å². The van der Waals surface area contributed by atoms with Crippen LogP contribution in [-0.4, -0.2) is 33.7 Å². The van der Waals surface area contributed by atoms with E-state index in [9.17, 15) is 13.2 Å². The first-order valence-corrected chi connectivity index (χ1v) is 9.08. The number of methoxy groups -OCH3 is 2. The second-order valence-corrected chi connectivity index (χ2v) is 7.12. The minimum absolute atomic E-state index is 0.00386. The maximum atomic E-state index is 12.5. The van der Waals surface area contributed by atoms with E-state index in [0.717, 1.165) is 6.08 Å². The molecule has 7 nitrogen and oxygen atoms in total. The maximum absolute atomic E-state index is 12.5. The molecule has 0 aromatic heterocycles. The first-order valence-electron chi connectivity index (χ1n) is 7.22. The molecule has 2 aromatic rings. The molecule has 0 aliphatic rings. The van der Waals surface area contributed by atoms with Crippen molar-refractivity contribution >= 4 is 39.4 Å². The van der Waals surface area contributed by atoms with Crippen molar-refractivity contribution in [1.29, 1.82) is 0 Å². The molecular weight excluding hydrogens is 382 g/mol. The third-order valence-corrected chi connectivity index (χ3v) is 5.02. The third-order valence-electron chi connectivity index (χ3n) is 3.33. The van der Waals surface area contributed by atoms with Crippen LogP contribution in [-0.2, 0) is 14.8 Å². The lowest BCUT2D eigenvalue weighted by Crippen LogP contribution is -2.13. The molecule has 0 bridgehead atoms. The number of carboxylic acid groups (broad SMARTS) is 1. The van der Waals surface area contributed by atoms with Crippen LogP contribution in [0.2, 0.25) is 5.02 Å². The van der Waals surface area contributed by atoms with Crippen LogP contribution in [0.15, 0.2) is 47.4 Å². The highest BCUT2D eigenvalue weighted by molar-refractivity contribution is 7.92. The number of hydrogen-bond donors (Lipinski definition) is 2. The number of anilines is 1. The number of ether oxygens (including phenoxy) is 2. The van der Waals surface area contributed by atoms with E-state index < -0.39 is 16.0 Å². The van der Waals surface area contributed by atoms with Crippen LogP contribution in [0.1, 0.15) is 5.56 Å². The highest BCUT2D eigenvalue weighted by Crippen LogP contribution is 2.36. The van der Waals surface area contributed by atoms with Crippen LogP contribution in [0.25, 0.3) is 6.08 Å². The number of carboxylic acids is 1. The molecule has 0 aliphatic heterocycles. The predicted molar refractivity (Wildman–Crippen MR) is 98.5 cm³/mol. The molecule has 0 heterocycles. The molecule has 2 rings (SSSR count). The fourth-order valence-electron chi connectivity index (χ4n) is 2.06. The number of nitrogens with one attached hydrogen (secondary N) is 1. The standard InChI is InChI=1S/C17H16ClNO6S/c1-24-15-9-13(18)14(10-16(15)25-2)19-26(22,23)12-6-3-11(4-7-12)5-8-17(20)21/h3-10,19H,1-2H3,(H,20,21)/b8-5+. The smallest absolute Gasteiger partial charge is 0.328 e. The van der Waals surface area contributed by atoms with Crippen molar-refractivity contribution in [2.45, 2.75) is 4.90 Å². The van der Waals surface area contributed by atoms with Crippen molar-refractivity contribution in [2.75, 3.05) is 18.9 Å². The Labute approximate surface area is 155 Å². The summed E-state index contributed by atoms with van der Waals surface area (Å²) >= 11 is 6.10. The molecule has 0 fully saturated rings. The second-order valence-electron chi connectivity index (χ2n) is 5.03. The van der Waals surface area contributed by atoms with E-state index in [4.69, 9.17) is 26.2 Å². The average Bonchev–Trinajstić information content (AvgIpc) is 2.61. The molecule has 2 N–H and O–H groups in total. The number of halogens is 1. The van der Waals surface area contributed by atoms with Crippen LogP contribution in [0.3, 0.4) is 0 Å². The number of benzene rings is 2. The fourth-order valence-corrected chi connectivity index (χ4v) is 3.39. The Bertz CT molecular complexity index is 938. The van der Waals surface area contributed by atoms with Crippen molar-refractivity contribution in [1.82, 2.24) is 0 Å². The Hall–Kier alpha value is -2.71. The number of hydrogen-bond acceptors (Lipinski definition) is 5. The van der Waals surface area contributed by atoms with E-state index >= 15 is 0 Å². The Balaban J connectivity index is 2.30. The Morgan fingerprint density at radius 3 is 2.23 bits per heavy atom. The van der Waals surface area contributed by atoms with Crippen LogP contribution in [0, 0.1) is 0 Å². The molecule has 0 saturated heterocycles. The lowest BCUT2D eigenvalue weighted by Gasteiger charge is -2.13. The number of aliphatic carboxylic acids is 1. The van der Waals surface area contributed by atoms with Gasteiger partial charge in [0, 0.05) is 18.2 Å². The molecule has 0 unspecified atom stereocenters. The van der Waals surface area contributed by atoms with Gasteiger partial charge in [-0.05, 0) is 23.8 Å². The van der Waals surface area contributed by atoms with Gasteiger partial charge < -0.3 is 14.6 Å². The van der Waals surface area contributed by atoms with E-state index in [-0.39, 0.29) is 15.6 Å². The van der Waals surface area contributed by atoms with Gasteiger partial charge in [0.15, 0.2) is 11.5 Å². The van der Waals surface area contributed by atoms with Crippen molar-refractivity contribution in [3.63, 3.8) is 0 Å². The van der Waals surface area contributed by atoms with Crippen LogP contribution >= 0.6 is 11.6 Å². The molecular formula is C17H16ClNO6S. The molecule has 0 spiro atoms. The summed E-state index contributed by atoms with van der Waals surface area (Å²) in [6.45, 7) is 0. The molecule has 0 atom stereocenters. The summed E-state index contributed by atoms with van der Waals surface area (Å²) in [6, 6.07) is 8.56. The average molecular weight is 398 g/mol. The van der Waals surface area contributed by atoms with Gasteiger partial charge in [0.2, 0.25) is 0 Å². The van der Waals surface area contributed by atoms with Gasteiger partial charge in [0.25, 0.3) is 10.0 Å². The van der Waals surface area contributed by atoms with E-state index in [1.807, 2.05) is 0 Å². The van der Waals surface area contributed by atoms with E-state index in [1.54, 1.807) is 0 Å². The topological polar surface area (TPSA) is 102 Å². The second kappa shape index (κ2) is 8.11. The molecule has 0 radical (unpaired) electrons. The fraction of sp³-hybridized carbons (Fsp3) is 0.118. The van der Waals surface area contributed by atoms with Crippen molar-refractivity contribution < 1.29 is 27.8 Å². The lowest BCUT2D eigenvalue weighted by atomic mass is 10.2. The van der Waals surface area contributed by atoms with Gasteiger partial charge >= 0.3 is 5.97 Å². The molecule has 26 heavy (non-hydrogen) atoms. The predicted octanol–water partition coefficient (Wildman–Crippen LogP) is 3.26. The van der Waals surface area contributed by atoms with Crippen molar-refractivity contribution in [3.05, 3.63) is 53.1 Å². The normalized spacial score (nSPS) is 11.3. The summed E-state index contributed by atoms with van der Waals surface area (Å²) in [5, 5.41) is 8.75. The Morgan fingerprint density at radius 2 is 1.69 bits per heavy atom. The molecule has 0 amide bonds. The van der Waals surface area contributed by atoms with Crippen LogP contribution in [0.5, 0.6) is 11.5 Å². The van der Waals surface area contributed by atoms with E-state index in [1.165, 1.54) is 56.7 Å². The largest absolute Gasteiger partial charge is 0.493 e. The van der Waals surface area contributed by atoms with Gasteiger partial charge in [-0.1, -0.05) is 23.7 Å². The molecule has 2 aromatic carbocycles. The lowest BCUT2D eigenvalue weighted by molar-refractivity contribution is -0.131. The molecule has 9 heteroatoms. The molecule has 0 saturated carbocycles. The molecule has 0 aliphatic carbocycles. The zero-order valence-corrected chi connectivity index (χ0v) is 15.5. The van der Waals surface area contributed by atoms with E-state index in [2.05, 4.69) is 4.72 Å². The number of sulfonamides is 1. The highest BCUT2D eigenvalue weighted by atomic mass is 35.5. The van der Waals surface area contributed by atoms with Gasteiger partial charge in [-0.15, -0.1) is 0 Å². The summed E-state index contributed by atoms with van der Waals surface area (Å²) in [7, 11) is -1.03. The van der Waals surface area contributed by atoms with Gasteiger partial charge in [0.1, 0.15) is 0 Å². The first kappa shape index (κ1) is 19.6. The van der Waals surface area contributed by atoms with Gasteiger partial charge in [0.05, 0.1) is 29.8 Å². The summed E-state index contributed by atoms with van der Waals surface area (Å²) in [5.74, 6) is -0.398. The Kier molecular flexibility index (Phi) is 6.12. The van der Waals surface area contributed by atoms with Crippen molar-refractivity contribution in [3.8, 4) is 11.5 Å². The van der Waals surface area contributed by atoms with E-state index in [0.29, 0.717) is 17.1 Å². The quantitative estimate of drug-likeness (QED) is 0.695. The van der Waals surface area contributed by atoms with Gasteiger partial charge in [-0.3, -0.25) is 4.72 Å². The number of rotatable bonds is 7. The van der Waals surface area contributed by atoms with Crippen LogP contribution in [0.4, 0.5) is 5.69 Å². The number of carbonyl (C=O) groups is 1. The maximum Gasteiger partial charge on any atom is 0.328 e. The zero-order valence-electron chi connectivity index (χ0n) is 13.9. The summed E-state index contributed by atoms with van der Waals surface area (Å²) in [6.07, 6.45) is 2.32.